The van der Waals surface area contributed by atoms with E-state index < -0.39 is 0 Å². The second-order valence-corrected chi connectivity index (χ2v) is 5.14. The lowest BCUT2D eigenvalue weighted by atomic mass is 10.0. The van der Waals surface area contributed by atoms with E-state index in [0.717, 1.165) is 23.4 Å². The molecule has 0 radical (unpaired) electrons. The summed E-state index contributed by atoms with van der Waals surface area (Å²) in [6.45, 7) is 4.43. The van der Waals surface area contributed by atoms with Gasteiger partial charge in [0.05, 0.1) is 23.7 Å². The second kappa shape index (κ2) is 5.40. The van der Waals surface area contributed by atoms with Crippen LogP contribution in [0.3, 0.4) is 0 Å². The van der Waals surface area contributed by atoms with Crippen LogP contribution in [0.4, 0.5) is 5.95 Å². The lowest BCUT2D eigenvalue weighted by molar-refractivity contribution is 0.258. The molecule has 0 fully saturated rings. The number of nitrogens with zero attached hydrogens (tertiary/aromatic N) is 2. The fourth-order valence-corrected chi connectivity index (χ4v) is 2.21. The third-order valence-corrected chi connectivity index (χ3v) is 3.10. The summed E-state index contributed by atoms with van der Waals surface area (Å²) in [5.41, 5.74) is 2.07. The molecule has 2 rings (SSSR count). The first-order valence-electron chi connectivity index (χ1n) is 6.40. The smallest absolute Gasteiger partial charge is 0.203 e. The van der Waals surface area contributed by atoms with Crippen molar-refractivity contribution in [1.29, 1.82) is 0 Å². The summed E-state index contributed by atoms with van der Waals surface area (Å²) in [5, 5.41) is 12.7. The van der Waals surface area contributed by atoms with Crippen molar-refractivity contribution in [3.63, 3.8) is 0 Å². The average Bonchev–Trinajstić information content (AvgIpc) is 2.66. The van der Waals surface area contributed by atoms with Gasteiger partial charge in [0, 0.05) is 7.05 Å². The van der Waals surface area contributed by atoms with Crippen molar-refractivity contribution in [2.45, 2.75) is 26.3 Å². The van der Waals surface area contributed by atoms with E-state index in [1.54, 1.807) is 0 Å². The van der Waals surface area contributed by atoms with Crippen LogP contribution >= 0.6 is 0 Å². The third-order valence-electron chi connectivity index (χ3n) is 3.10. The van der Waals surface area contributed by atoms with E-state index >= 15 is 0 Å². The largest absolute Gasteiger partial charge is 0.394 e. The molecular formula is C14H21N3O. The Morgan fingerprint density at radius 2 is 2.06 bits per heavy atom. The molecule has 2 aromatic rings. The number of aliphatic hydroxyl groups is 1. The Hall–Kier alpha value is -1.55. The molecule has 0 aliphatic heterocycles. The fourth-order valence-electron chi connectivity index (χ4n) is 2.21. The van der Waals surface area contributed by atoms with Crippen LogP contribution in [0.25, 0.3) is 11.0 Å². The summed E-state index contributed by atoms with van der Waals surface area (Å²) in [6, 6.07) is 8.09. The highest BCUT2D eigenvalue weighted by atomic mass is 16.3. The zero-order chi connectivity index (χ0) is 13.1. The molecule has 0 amide bonds. The molecule has 4 heteroatoms. The number of aliphatic hydroxyl groups excluding tert-OH is 1. The number of hydrogen-bond acceptors (Lipinski definition) is 3. The van der Waals surface area contributed by atoms with E-state index in [0.29, 0.717) is 5.92 Å². The van der Waals surface area contributed by atoms with E-state index in [2.05, 4.69) is 24.1 Å². The Balaban J connectivity index is 2.22. The first-order chi connectivity index (χ1) is 8.61. The van der Waals surface area contributed by atoms with Crippen molar-refractivity contribution in [3.05, 3.63) is 24.3 Å². The van der Waals surface area contributed by atoms with E-state index in [4.69, 9.17) is 0 Å². The van der Waals surface area contributed by atoms with Crippen LogP contribution in [-0.4, -0.2) is 27.3 Å². The number of benzene rings is 1. The van der Waals surface area contributed by atoms with Crippen molar-refractivity contribution in [1.82, 2.24) is 9.55 Å². The Labute approximate surface area is 108 Å². The van der Waals surface area contributed by atoms with Gasteiger partial charge in [0.2, 0.25) is 5.95 Å². The molecule has 0 bridgehead atoms. The molecule has 1 atom stereocenters. The van der Waals surface area contributed by atoms with Gasteiger partial charge in [0.1, 0.15) is 0 Å². The van der Waals surface area contributed by atoms with Crippen LogP contribution in [0.2, 0.25) is 0 Å². The van der Waals surface area contributed by atoms with Crippen LogP contribution in [0, 0.1) is 5.92 Å². The van der Waals surface area contributed by atoms with Crippen molar-refractivity contribution in [2.24, 2.45) is 13.0 Å². The molecule has 0 saturated carbocycles. The van der Waals surface area contributed by atoms with Gasteiger partial charge in [-0.25, -0.2) is 4.98 Å². The molecule has 2 N–H and O–H groups in total. The Kier molecular flexibility index (Phi) is 3.87. The van der Waals surface area contributed by atoms with Crippen molar-refractivity contribution in [3.8, 4) is 0 Å². The fraction of sp³-hybridized carbons (Fsp3) is 0.500. The summed E-state index contributed by atoms with van der Waals surface area (Å²) < 4.78 is 2.03. The minimum atomic E-state index is 0.0560. The lowest BCUT2D eigenvalue weighted by Crippen LogP contribution is -2.27. The van der Waals surface area contributed by atoms with Gasteiger partial charge >= 0.3 is 0 Å². The highest BCUT2D eigenvalue weighted by Gasteiger charge is 2.13. The summed E-state index contributed by atoms with van der Waals surface area (Å²) in [4.78, 5) is 4.55. The number of hydrogen-bond donors (Lipinski definition) is 2. The molecule has 1 heterocycles. The number of anilines is 1. The molecule has 0 aliphatic rings. The van der Waals surface area contributed by atoms with Crippen molar-refractivity contribution < 1.29 is 5.11 Å². The summed E-state index contributed by atoms with van der Waals surface area (Å²) >= 11 is 0. The SMILES string of the molecule is CC(C)CC(CO)Nc1nc2ccccc2n1C. The molecule has 0 spiro atoms. The van der Waals surface area contributed by atoms with Gasteiger partial charge in [-0.1, -0.05) is 26.0 Å². The molecule has 0 aliphatic carbocycles. The van der Waals surface area contributed by atoms with Gasteiger partial charge in [0.25, 0.3) is 0 Å². The van der Waals surface area contributed by atoms with Crippen LogP contribution in [-0.2, 0) is 7.05 Å². The van der Waals surface area contributed by atoms with Crippen LogP contribution < -0.4 is 5.32 Å². The molecule has 98 valence electrons. The van der Waals surface area contributed by atoms with Crippen LogP contribution in [0.5, 0.6) is 0 Å². The molecule has 1 aromatic heterocycles. The van der Waals surface area contributed by atoms with E-state index in [9.17, 15) is 5.11 Å². The van der Waals surface area contributed by atoms with Gasteiger partial charge < -0.3 is 15.0 Å². The quantitative estimate of drug-likeness (QED) is 0.853. The Morgan fingerprint density at radius 3 is 2.67 bits per heavy atom. The number of para-hydroxylation sites is 2. The maximum absolute atomic E-state index is 9.40. The molecule has 4 nitrogen and oxygen atoms in total. The number of rotatable bonds is 5. The zero-order valence-electron chi connectivity index (χ0n) is 11.2. The highest BCUT2D eigenvalue weighted by Crippen LogP contribution is 2.19. The van der Waals surface area contributed by atoms with Gasteiger partial charge in [-0.2, -0.15) is 0 Å². The van der Waals surface area contributed by atoms with Crippen molar-refractivity contribution >= 4 is 17.0 Å². The number of aromatic nitrogens is 2. The standard InChI is InChI=1S/C14H21N3O/c1-10(2)8-11(9-18)15-14-16-12-6-4-5-7-13(12)17(14)3/h4-7,10-11,18H,8-9H2,1-3H3,(H,15,16). The van der Waals surface area contributed by atoms with Gasteiger partial charge in [0.15, 0.2) is 0 Å². The highest BCUT2D eigenvalue weighted by molar-refractivity contribution is 5.78. The normalized spacial score (nSPS) is 13.2. The molecule has 18 heavy (non-hydrogen) atoms. The maximum Gasteiger partial charge on any atom is 0.203 e. The van der Waals surface area contributed by atoms with Crippen LogP contribution in [0.1, 0.15) is 20.3 Å². The Bertz CT molecular complexity index is 519. The van der Waals surface area contributed by atoms with E-state index in [-0.39, 0.29) is 12.6 Å². The minimum Gasteiger partial charge on any atom is -0.394 e. The monoisotopic (exact) mass is 247 g/mol. The van der Waals surface area contributed by atoms with Gasteiger partial charge in [-0.3, -0.25) is 0 Å². The van der Waals surface area contributed by atoms with Gasteiger partial charge in [-0.15, -0.1) is 0 Å². The first kappa shape index (κ1) is 12.9. The summed E-state index contributed by atoms with van der Waals surface area (Å²) in [7, 11) is 1.99. The average molecular weight is 247 g/mol. The number of aryl methyl sites for hydroxylation is 1. The van der Waals surface area contributed by atoms with E-state index in [1.807, 2.05) is 35.9 Å². The number of nitrogens with one attached hydrogen (secondary N) is 1. The predicted molar refractivity (Wildman–Crippen MR) is 74.7 cm³/mol. The topological polar surface area (TPSA) is 50.1 Å². The molecular weight excluding hydrogens is 226 g/mol. The zero-order valence-corrected chi connectivity index (χ0v) is 11.2. The number of fused-ring (bicyclic) bond motifs is 1. The minimum absolute atomic E-state index is 0.0560. The second-order valence-electron chi connectivity index (χ2n) is 5.14. The van der Waals surface area contributed by atoms with E-state index in [1.165, 1.54) is 0 Å². The molecule has 1 aromatic carbocycles. The lowest BCUT2D eigenvalue weighted by Gasteiger charge is -2.18. The summed E-state index contributed by atoms with van der Waals surface area (Å²) in [6.07, 6.45) is 0.930. The Morgan fingerprint density at radius 1 is 1.33 bits per heavy atom. The molecule has 0 saturated heterocycles. The number of imidazole rings is 1. The third kappa shape index (κ3) is 2.64. The predicted octanol–water partition coefficient (Wildman–Crippen LogP) is 2.39. The summed E-state index contributed by atoms with van der Waals surface area (Å²) in [5.74, 6) is 1.36. The first-order valence-corrected chi connectivity index (χ1v) is 6.40. The maximum atomic E-state index is 9.40. The molecule has 1 unspecified atom stereocenters. The van der Waals surface area contributed by atoms with Crippen LogP contribution in [0.15, 0.2) is 24.3 Å². The van der Waals surface area contributed by atoms with Crippen molar-refractivity contribution in [2.75, 3.05) is 11.9 Å². The van der Waals surface area contributed by atoms with Gasteiger partial charge in [-0.05, 0) is 24.5 Å².